The second-order valence-corrected chi connectivity index (χ2v) is 7.89. The van der Waals surface area contributed by atoms with E-state index in [2.05, 4.69) is 0 Å². The predicted octanol–water partition coefficient (Wildman–Crippen LogP) is 2.67. The third-order valence-corrected chi connectivity index (χ3v) is 5.14. The molecule has 1 rings (SSSR count). The highest BCUT2D eigenvalue weighted by molar-refractivity contribution is 6.69. The minimum absolute atomic E-state index is 0.00287. The summed E-state index contributed by atoms with van der Waals surface area (Å²) in [4.78, 5) is 0. The van der Waals surface area contributed by atoms with E-state index in [-0.39, 0.29) is 14.0 Å². The lowest BCUT2D eigenvalue weighted by Gasteiger charge is -2.20. The lowest BCUT2D eigenvalue weighted by molar-refractivity contribution is 0.500. The fourth-order valence-electron chi connectivity index (χ4n) is 1.67. The Morgan fingerprint density at radius 2 is 1.70 bits per heavy atom. The summed E-state index contributed by atoms with van der Waals surface area (Å²) in [6.07, 6.45) is 7.07. The van der Waals surface area contributed by atoms with Gasteiger partial charge in [0, 0.05) is 0 Å². The number of hydrogen-bond donors (Lipinski definition) is 0. The first-order chi connectivity index (χ1) is 4.79. The molecular formula is C7H14Cl2Si. The molecule has 0 amide bonds. The summed E-state index contributed by atoms with van der Waals surface area (Å²) >= 11 is 11.5. The van der Waals surface area contributed by atoms with Crippen LogP contribution in [0.3, 0.4) is 0 Å². The molecule has 0 aliphatic heterocycles. The van der Waals surface area contributed by atoms with Gasteiger partial charge in [-0.2, -0.15) is 0 Å². The molecule has 0 nitrogen and oxygen atoms in total. The van der Waals surface area contributed by atoms with Gasteiger partial charge in [0.15, 0.2) is 0 Å². The van der Waals surface area contributed by atoms with Crippen LogP contribution >= 0.6 is 23.2 Å². The number of alkyl halides is 2. The molecule has 1 aliphatic rings. The maximum atomic E-state index is 5.74. The Morgan fingerprint density at radius 1 is 1.10 bits per heavy atom. The van der Waals surface area contributed by atoms with Crippen LogP contribution in [0.1, 0.15) is 32.1 Å². The fourth-order valence-corrected chi connectivity index (χ4v) is 4.74. The SMILES string of the molecule is ClC(Cl)[SiH2]C1CCCCC1. The van der Waals surface area contributed by atoms with Gasteiger partial charge in [-0.1, -0.05) is 32.1 Å². The van der Waals surface area contributed by atoms with Crippen LogP contribution in [0.5, 0.6) is 0 Å². The minimum Gasteiger partial charge on any atom is -0.110 e. The van der Waals surface area contributed by atoms with Gasteiger partial charge in [0.25, 0.3) is 0 Å². The van der Waals surface area contributed by atoms with E-state index < -0.39 is 0 Å². The van der Waals surface area contributed by atoms with Gasteiger partial charge in [-0.05, 0) is 5.54 Å². The quantitative estimate of drug-likeness (QED) is 0.471. The van der Waals surface area contributed by atoms with Gasteiger partial charge >= 0.3 is 0 Å². The normalized spacial score (nSPS) is 23.1. The van der Waals surface area contributed by atoms with Crippen LogP contribution in [0, 0.1) is 0 Å². The summed E-state index contributed by atoms with van der Waals surface area (Å²) in [6.45, 7) is 0. The van der Waals surface area contributed by atoms with Crippen LogP contribution < -0.4 is 0 Å². The van der Waals surface area contributed by atoms with Crippen molar-refractivity contribution in [1.82, 2.24) is 0 Å². The summed E-state index contributed by atoms with van der Waals surface area (Å²) in [7, 11) is -0.169. The molecule has 1 saturated carbocycles. The summed E-state index contributed by atoms with van der Waals surface area (Å²) in [5, 5.41) is 0. The van der Waals surface area contributed by atoms with Crippen molar-refractivity contribution in [3.05, 3.63) is 0 Å². The minimum atomic E-state index is -0.169. The van der Waals surface area contributed by atoms with E-state index in [1.165, 1.54) is 32.1 Å². The Labute approximate surface area is 75.1 Å². The lowest BCUT2D eigenvalue weighted by atomic mass is 10.0. The zero-order valence-corrected chi connectivity index (χ0v) is 9.08. The highest BCUT2D eigenvalue weighted by Crippen LogP contribution is 2.29. The fraction of sp³-hybridized carbons (Fsp3) is 1.00. The van der Waals surface area contributed by atoms with Gasteiger partial charge in [-0.3, -0.25) is 0 Å². The van der Waals surface area contributed by atoms with E-state index in [1.54, 1.807) is 0 Å². The third-order valence-electron chi connectivity index (χ3n) is 2.24. The molecule has 0 spiro atoms. The largest absolute Gasteiger partial charge is 0.110 e. The molecule has 0 heterocycles. The Morgan fingerprint density at radius 3 is 2.20 bits per heavy atom. The zero-order valence-electron chi connectivity index (χ0n) is 6.15. The number of rotatable bonds is 2. The maximum Gasteiger partial charge on any atom is 0.0910 e. The van der Waals surface area contributed by atoms with Crippen molar-refractivity contribution in [2.75, 3.05) is 0 Å². The van der Waals surface area contributed by atoms with Crippen molar-refractivity contribution in [2.45, 2.75) is 42.1 Å². The van der Waals surface area contributed by atoms with Crippen molar-refractivity contribution in [3.63, 3.8) is 0 Å². The second-order valence-electron chi connectivity index (χ2n) is 3.13. The van der Waals surface area contributed by atoms with Gasteiger partial charge in [-0.25, -0.2) is 0 Å². The zero-order chi connectivity index (χ0) is 7.40. The molecular weight excluding hydrogens is 183 g/mol. The molecule has 0 radical (unpaired) electrons. The molecule has 60 valence electrons. The van der Waals surface area contributed by atoms with Gasteiger partial charge in [0.1, 0.15) is 0 Å². The van der Waals surface area contributed by atoms with Crippen molar-refractivity contribution < 1.29 is 0 Å². The van der Waals surface area contributed by atoms with Crippen molar-refractivity contribution in [3.8, 4) is 0 Å². The molecule has 0 bridgehead atoms. The van der Waals surface area contributed by atoms with E-state index in [1.807, 2.05) is 0 Å². The first kappa shape index (κ1) is 8.89. The van der Waals surface area contributed by atoms with Crippen LogP contribution in [0.2, 0.25) is 5.54 Å². The molecule has 0 atom stereocenters. The Balaban J connectivity index is 2.13. The molecule has 1 fully saturated rings. The topological polar surface area (TPSA) is 0 Å². The molecule has 0 saturated heterocycles. The van der Waals surface area contributed by atoms with Gasteiger partial charge in [-0.15, -0.1) is 23.2 Å². The van der Waals surface area contributed by atoms with Crippen molar-refractivity contribution in [1.29, 1.82) is 0 Å². The summed E-state index contributed by atoms with van der Waals surface area (Å²) < 4.78 is 0.00287. The van der Waals surface area contributed by atoms with Gasteiger partial charge in [0.2, 0.25) is 0 Å². The highest BCUT2D eigenvalue weighted by atomic mass is 35.5. The van der Waals surface area contributed by atoms with Crippen LogP contribution in [0.15, 0.2) is 0 Å². The molecule has 10 heavy (non-hydrogen) atoms. The second kappa shape index (κ2) is 4.63. The van der Waals surface area contributed by atoms with Crippen LogP contribution in [0.4, 0.5) is 0 Å². The molecule has 0 aromatic heterocycles. The summed E-state index contributed by atoms with van der Waals surface area (Å²) in [5.74, 6) is 0. The Kier molecular flexibility index (Phi) is 4.12. The third kappa shape index (κ3) is 3.27. The van der Waals surface area contributed by atoms with Crippen LogP contribution in [-0.2, 0) is 0 Å². The van der Waals surface area contributed by atoms with E-state index in [0.29, 0.717) is 0 Å². The number of halogens is 2. The van der Waals surface area contributed by atoms with Gasteiger partial charge in [0.05, 0.1) is 14.0 Å². The first-order valence-corrected chi connectivity index (χ1v) is 6.58. The highest BCUT2D eigenvalue weighted by Gasteiger charge is 2.16. The molecule has 0 aromatic carbocycles. The molecule has 0 N–H and O–H groups in total. The van der Waals surface area contributed by atoms with E-state index >= 15 is 0 Å². The number of hydrogen-bond acceptors (Lipinski definition) is 0. The van der Waals surface area contributed by atoms with E-state index in [9.17, 15) is 0 Å². The predicted molar refractivity (Wildman–Crippen MR) is 50.9 cm³/mol. The maximum absolute atomic E-state index is 5.74. The monoisotopic (exact) mass is 196 g/mol. The van der Waals surface area contributed by atoms with Gasteiger partial charge < -0.3 is 0 Å². The first-order valence-electron chi connectivity index (χ1n) is 4.07. The smallest absolute Gasteiger partial charge is 0.0910 e. The average Bonchev–Trinajstić information content (AvgIpc) is 1.88. The van der Waals surface area contributed by atoms with Crippen molar-refractivity contribution in [2.24, 2.45) is 0 Å². The summed E-state index contributed by atoms with van der Waals surface area (Å²) in [5.41, 5.74) is 0.953. The Hall–Kier alpha value is 0.797. The molecule has 3 heteroatoms. The molecule has 0 aromatic rings. The van der Waals surface area contributed by atoms with Crippen molar-refractivity contribution >= 4 is 32.7 Å². The average molecular weight is 197 g/mol. The standard InChI is InChI=1S/C7H14Cl2Si/c8-7(9)10-6-4-2-1-3-5-6/h6-7H,1-5,10H2. The summed E-state index contributed by atoms with van der Waals surface area (Å²) in [6, 6.07) is 0. The van der Waals surface area contributed by atoms with Crippen LogP contribution in [-0.4, -0.2) is 14.0 Å². The Bertz CT molecular complexity index is 89.6. The lowest BCUT2D eigenvalue weighted by Crippen LogP contribution is -2.13. The van der Waals surface area contributed by atoms with Crippen LogP contribution in [0.25, 0.3) is 0 Å². The molecule has 0 unspecified atom stereocenters. The van der Waals surface area contributed by atoms with E-state index in [0.717, 1.165) is 5.54 Å². The van der Waals surface area contributed by atoms with E-state index in [4.69, 9.17) is 23.2 Å². The molecule has 1 aliphatic carbocycles.